The fourth-order valence-corrected chi connectivity index (χ4v) is 2.86. The fraction of sp³-hybridized carbons (Fsp3) is 0.333. The Balaban J connectivity index is 2.06. The number of aliphatic hydroxyl groups is 1. The van der Waals surface area contributed by atoms with Crippen LogP contribution in [0.5, 0.6) is 0 Å². The Bertz CT molecular complexity index is 554. The molecule has 4 nitrogen and oxygen atoms in total. The summed E-state index contributed by atoms with van der Waals surface area (Å²) in [6.45, 7) is 2.83. The van der Waals surface area contributed by atoms with Crippen LogP contribution in [-0.4, -0.2) is 40.6 Å². The van der Waals surface area contributed by atoms with Gasteiger partial charge in [0, 0.05) is 19.5 Å². The summed E-state index contributed by atoms with van der Waals surface area (Å²) in [5, 5.41) is 9.89. The number of benzene rings is 1. The minimum Gasteiger partial charge on any atom is -0.395 e. The van der Waals surface area contributed by atoms with Crippen LogP contribution in [0.3, 0.4) is 0 Å². The predicted octanol–water partition coefficient (Wildman–Crippen LogP) is 2.19. The highest BCUT2D eigenvalue weighted by molar-refractivity contribution is 7.13. The van der Waals surface area contributed by atoms with E-state index in [2.05, 4.69) is 4.98 Å². The first-order valence-corrected chi connectivity index (χ1v) is 7.45. The SMILES string of the molecule is CCN(CCO)C(=O)c1cnc(Cc2ccccc2)s1. The number of hydrogen-bond acceptors (Lipinski definition) is 4. The number of hydrogen-bond donors (Lipinski definition) is 1. The molecule has 0 saturated heterocycles. The fourth-order valence-electron chi connectivity index (χ4n) is 1.94. The Morgan fingerprint density at radius 1 is 1.35 bits per heavy atom. The highest BCUT2D eigenvalue weighted by Crippen LogP contribution is 2.18. The lowest BCUT2D eigenvalue weighted by atomic mass is 10.2. The third-order valence-corrected chi connectivity index (χ3v) is 3.99. The van der Waals surface area contributed by atoms with Gasteiger partial charge in [0.15, 0.2) is 0 Å². The molecule has 1 aromatic heterocycles. The predicted molar refractivity (Wildman–Crippen MR) is 80.0 cm³/mol. The Morgan fingerprint density at radius 3 is 2.75 bits per heavy atom. The van der Waals surface area contributed by atoms with Gasteiger partial charge in [0.05, 0.1) is 17.8 Å². The smallest absolute Gasteiger partial charge is 0.265 e. The number of aromatic nitrogens is 1. The molecule has 20 heavy (non-hydrogen) atoms. The lowest BCUT2D eigenvalue weighted by Gasteiger charge is -2.18. The van der Waals surface area contributed by atoms with E-state index in [0.717, 1.165) is 11.4 Å². The van der Waals surface area contributed by atoms with Crippen molar-refractivity contribution >= 4 is 17.2 Å². The van der Waals surface area contributed by atoms with Crippen LogP contribution < -0.4 is 0 Å². The van der Waals surface area contributed by atoms with Gasteiger partial charge in [0.2, 0.25) is 0 Å². The molecule has 0 atom stereocenters. The number of likely N-dealkylation sites (N-methyl/N-ethyl adjacent to an activating group) is 1. The first kappa shape index (κ1) is 14.7. The van der Waals surface area contributed by atoms with E-state index in [-0.39, 0.29) is 12.5 Å². The van der Waals surface area contributed by atoms with Crippen LogP contribution in [0.15, 0.2) is 36.5 Å². The van der Waals surface area contributed by atoms with E-state index in [9.17, 15) is 4.79 Å². The molecule has 5 heteroatoms. The van der Waals surface area contributed by atoms with Crippen molar-refractivity contribution in [2.24, 2.45) is 0 Å². The molecular weight excluding hydrogens is 272 g/mol. The minimum atomic E-state index is -0.0571. The zero-order valence-corrected chi connectivity index (χ0v) is 12.3. The number of nitrogens with zero attached hydrogens (tertiary/aromatic N) is 2. The average Bonchev–Trinajstić information content (AvgIpc) is 2.93. The number of thiazole rings is 1. The van der Waals surface area contributed by atoms with Crippen LogP contribution in [0, 0.1) is 0 Å². The van der Waals surface area contributed by atoms with Gasteiger partial charge in [-0.25, -0.2) is 4.98 Å². The van der Waals surface area contributed by atoms with Crippen molar-refractivity contribution in [3.8, 4) is 0 Å². The summed E-state index contributed by atoms with van der Waals surface area (Å²) >= 11 is 1.42. The summed E-state index contributed by atoms with van der Waals surface area (Å²) < 4.78 is 0. The van der Waals surface area contributed by atoms with Crippen LogP contribution in [0.25, 0.3) is 0 Å². The maximum Gasteiger partial charge on any atom is 0.265 e. The minimum absolute atomic E-state index is 0.0186. The Morgan fingerprint density at radius 2 is 2.10 bits per heavy atom. The molecule has 0 fully saturated rings. The molecule has 0 spiro atoms. The average molecular weight is 290 g/mol. The van der Waals surface area contributed by atoms with Crippen molar-refractivity contribution in [2.75, 3.05) is 19.7 Å². The molecule has 2 rings (SSSR count). The summed E-state index contributed by atoms with van der Waals surface area (Å²) in [5.41, 5.74) is 1.18. The van der Waals surface area contributed by atoms with Crippen LogP contribution in [0.1, 0.15) is 27.2 Å². The Hall–Kier alpha value is -1.72. The molecular formula is C15H18N2O2S. The molecule has 0 bridgehead atoms. The Kier molecular flexibility index (Phi) is 5.26. The van der Waals surface area contributed by atoms with Gasteiger partial charge in [0.1, 0.15) is 4.88 Å². The van der Waals surface area contributed by atoms with Crippen LogP contribution in [0.4, 0.5) is 0 Å². The van der Waals surface area contributed by atoms with E-state index in [1.165, 1.54) is 16.9 Å². The molecule has 0 aliphatic rings. The van der Waals surface area contributed by atoms with Crippen LogP contribution >= 0.6 is 11.3 Å². The van der Waals surface area contributed by atoms with E-state index in [1.54, 1.807) is 11.1 Å². The number of carbonyl (C=O) groups is 1. The molecule has 0 unspecified atom stereocenters. The maximum atomic E-state index is 12.2. The Labute approximate surface area is 122 Å². The van der Waals surface area contributed by atoms with Crippen molar-refractivity contribution in [1.82, 2.24) is 9.88 Å². The van der Waals surface area contributed by atoms with Gasteiger partial charge in [-0.05, 0) is 12.5 Å². The van der Waals surface area contributed by atoms with Crippen molar-refractivity contribution in [3.63, 3.8) is 0 Å². The van der Waals surface area contributed by atoms with Crippen LogP contribution in [0.2, 0.25) is 0 Å². The summed E-state index contributed by atoms with van der Waals surface area (Å²) in [6.07, 6.45) is 2.37. The van der Waals surface area contributed by atoms with Gasteiger partial charge >= 0.3 is 0 Å². The van der Waals surface area contributed by atoms with Crippen molar-refractivity contribution in [3.05, 3.63) is 52.0 Å². The molecule has 2 aromatic rings. The lowest BCUT2D eigenvalue weighted by Crippen LogP contribution is -2.32. The molecule has 0 aliphatic heterocycles. The number of aliphatic hydroxyl groups excluding tert-OH is 1. The molecule has 106 valence electrons. The van der Waals surface area contributed by atoms with Gasteiger partial charge < -0.3 is 10.0 Å². The van der Waals surface area contributed by atoms with E-state index < -0.39 is 0 Å². The standard InChI is InChI=1S/C15H18N2O2S/c1-2-17(8-9-18)15(19)13-11-16-14(20-13)10-12-6-4-3-5-7-12/h3-7,11,18H,2,8-10H2,1H3. The van der Waals surface area contributed by atoms with Crippen molar-refractivity contribution in [1.29, 1.82) is 0 Å². The zero-order valence-electron chi connectivity index (χ0n) is 11.5. The third kappa shape index (κ3) is 3.65. The second-order valence-corrected chi connectivity index (χ2v) is 5.50. The number of carbonyl (C=O) groups excluding carboxylic acids is 1. The second kappa shape index (κ2) is 7.17. The topological polar surface area (TPSA) is 53.4 Å². The zero-order chi connectivity index (χ0) is 14.4. The molecule has 0 aliphatic carbocycles. The summed E-state index contributed by atoms with van der Waals surface area (Å²) in [7, 11) is 0. The van der Waals surface area contributed by atoms with Gasteiger partial charge in [-0.1, -0.05) is 30.3 Å². The largest absolute Gasteiger partial charge is 0.395 e. The molecule has 0 saturated carbocycles. The highest BCUT2D eigenvalue weighted by Gasteiger charge is 2.16. The van der Waals surface area contributed by atoms with E-state index in [0.29, 0.717) is 18.0 Å². The van der Waals surface area contributed by atoms with Gasteiger partial charge in [0.25, 0.3) is 5.91 Å². The van der Waals surface area contributed by atoms with Gasteiger partial charge in [-0.3, -0.25) is 4.79 Å². The summed E-state index contributed by atoms with van der Waals surface area (Å²) in [5.74, 6) is -0.0571. The molecule has 1 N–H and O–H groups in total. The summed E-state index contributed by atoms with van der Waals surface area (Å²) in [6, 6.07) is 10.1. The van der Waals surface area contributed by atoms with Crippen molar-refractivity contribution in [2.45, 2.75) is 13.3 Å². The van der Waals surface area contributed by atoms with E-state index in [4.69, 9.17) is 5.11 Å². The molecule has 1 aromatic carbocycles. The quantitative estimate of drug-likeness (QED) is 0.887. The van der Waals surface area contributed by atoms with Crippen LogP contribution in [-0.2, 0) is 6.42 Å². The summed E-state index contributed by atoms with van der Waals surface area (Å²) in [4.78, 5) is 18.8. The van der Waals surface area contributed by atoms with E-state index >= 15 is 0 Å². The first-order chi connectivity index (χ1) is 9.74. The van der Waals surface area contributed by atoms with Gasteiger partial charge in [-0.15, -0.1) is 11.3 Å². The van der Waals surface area contributed by atoms with E-state index in [1.807, 2.05) is 37.3 Å². The van der Waals surface area contributed by atoms with Crippen molar-refractivity contribution < 1.29 is 9.90 Å². The lowest BCUT2D eigenvalue weighted by molar-refractivity contribution is 0.0736. The number of rotatable bonds is 6. The highest BCUT2D eigenvalue weighted by atomic mass is 32.1. The first-order valence-electron chi connectivity index (χ1n) is 6.63. The second-order valence-electron chi connectivity index (χ2n) is 4.39. The third-order valence-electron chi connectivity index (χ3n) is 3.00. The molecule has 1 heterocycles. The molecule has 0 radical (unpaired) electrons. The monoisotopic (exact) mass is 290 g/mol. The normalized spacial score (nSPS) is 10.5. The maximum absolute atomic E-state index is 12.2. The molecule has 1 amide bonds. The number of amides is 1. The van der Waals surface area contributed by atoms with Gasteiger partial charge in [-0.2, -0.15) is 0 Å².